The minimum Gasteiger partial charge on any atom is -0.462 e. The van der Waals surface area contributed by atoms with Gasteiger partial charge < -0.3 is 18.9 Å². The number of quaternary nitrogens is 1. The number of rotatable bonds is 38. The molecule has 0 aliphatic heterocycles. The van der Waals surface area contributed by atoms with Crippen LogP contribution in [0.3, 0.4) is 0 Å². The van der Waals surface area contributed by atoms with E-state index in [9.17, 15) is 19.0 Å². The van der Waals surface area contributed by atoms with Gasteiger partial charge >= 0.3 is 19.8 Å². The third-order valence-corrected chi connectivity index (χ3v) is 9.94. The Morgan fingerprint density at radius 1 is 0.577 bits per heavy atom. The van der Waals surface area contributed by atoms with Crippen molar-refractivity contribution >= 4 is 19.8 Å². The molecular formula is C42H81NO8P+. The fourth-order valence-corrected chi connectivity index (χ4v) is 6.33. The van der Waals surface area contributed by atoms with Crippen molar-refractivity contribution in [3.63, 3.8) is 0 Å². The van der Waals surface area contributed by atoms with E-state index in [-0.39, 0.29) is 32.0 Å². The summed E-state index contributed by atoms with van der Waals surface area (Å²) in [6.45, 7) is 4.38. The van der Waals surface area contributed by atoms with E-state index < -0.39 is 26.5 Å². The molecule has 0 fully saturated rings. The van der Waals surface area contributed by atoms with Gasteiger partial charge in [0.1, 0.15) is 19.8 Å². The summed E-state index contributed by atoms with van der Waals surface area (Å²) in [5.74, 6) is -0.817. The SMILES string of the molecule is CCCCCC/C=C\CCCCCCCC(=O)OC[C@H](COP(=O)(O)OCC[N+](C)(C)C)OC(=O)CCCCCCC/C=C\CCCCCCCC. The maximum Gasteiger partial charge on any atom is 0.472 e. The molecule has 0 aromatic rings. The van der Waals surface area contributed by atoms with Gasteiger partial charge in [0.05, 0.1) is 27.7 Å². The van der Waals surface area contributed by atoms with E-state index in [4.69, 9.17) is 18.5 Å². The lowest BCUT2D eigenvalue weighted by Crippen LogP contribution is -2.37. The molecule has 2 atom stereocenters. The van der Waals surface area contributed by atoms with E-state index in [0.717, 1.165) is 70.6 Å². The van der Waals surface area contributed by atoms with Crippen molar-refractivity contribution < 1.29 is 42.1 Å². The Balaban J connectivity index is 4.41. The Bertz CT molecular complexity index is 949. The van der Waals surface area contributed by atoms with Crippen molar-refractivity contribution in [3.05, 3.63) is 24.3 Å². The van der Waals surface area contributed by atoms with Gasteiger partial charge in [0.25, 0.3) is 0 Å². The first-order valence-electron chi connectivity index (χ1n) is 21.1. The number of phosphoric acid groups is 1. The molecule has 0 aromatic heterocycles. The first-order valence-corrected chi connectivity index (χ1v) is 22.6. The van der Waals surface area contributed by atoms with Crippen molar-refractivity contribution in [1.82, 2.24) is 0 Å². The second kappa shape index (κ2) is 35.2. The number of carbonyl (C=O) groups is 2. The van der Waals surface area contributed by atoms with E-state index in [1.807, 2.05) is 21.1 Å². The number of phosphoric ester groups is 1. The van der Waals surface area contributed by atoms with Gasteiger partial charge in [-0.3, -0.25) is 18.6 Å². The number of ether oxygens (including phenoxy) is 2. The average molecular weight is 759 g/mol. The summed E-state index contributed by atoms with van der Waals surface area (Å²) in [6, 6.07) is 0. The molecule has 0 amide bonds. The van der Waals surface area contributed by atoms with Gasteiger partial charge in [-0.05, 0) is 64.2 Å². The molecule has 0 aromatic carbocycles. The lowest BCUT2D eigenvalue weighted by molar-refractivity contribution is -0.870. The molecule has 10 heteroatoms. The zero-order valence-electron chi connectivity index (χ0n) is 34.3. The third-order valence-electron chi connectivity index (χ3n) is 8.95. The Morgan fingerprint density at radius 3 is 1.44 bits per heavy atom. The van der Waals surface area contributed by atoms with Crippen LogP contribution in [0.4, 0.5) is 0 Å². The van der Waals surface area contributed by atoms with Crippen LogP contribution in [0, 0.1) is 0 Å². The molecule has 0 rings (SSSR count). The molecule has 52 heavy (non-hydrogen) atoms. The van der Waals surface area contributed by atoms with Crippen molar-refractivity contribution in [2.75, 3.05) is 47.5 Å². The summed E-state index contributed by atoms with van der Waals surface area (Å²) in [7, 11) is 1.47. The highest BCUT2D eigenvalue weighted by molar-refractivity contribution is 7.47. The first kappa shape index (κ1) is 50.5. The molecule has 0 spiro atoms. The van der Waals surface area contributed by atoms with Crippen LogP contribution in [0.25, 0.3) is 0 Å². The summed E-state index contributed by atoms with van der Waals surface area (Å²) in [5.41, 5.74) is 0. The zero-order valence-corrected chi connectivity index (χ0v) is 35.2. The first-order chi connectivity index (χ1) is 25.0. The van der Waals surface area contributed by atoms with E-state index >= 15 is 0 Å². The van der Waals surface area contributed by atoms with Crippen molar-refractivity contribution in [3.8, 4) is 0 Å². The monoisotopic (exact) mass is 759 g/mol. The number of hydrogen-bond donors (Lipinski definition) is 1. The van der Waals surface area contributed by atoms with E-state index in [1.165, 1.54) is 77.0 Å². The lowest BCUT2D eigenvalue weighted by Gasteiger charge is -2.24. The Labute approximate surface area is 319 Å². The molecule has 0 heterocycles. The maximum absolute atomic E-state index is 12.7. The number of nitrogens with zero attached hydrogens (tertiary/aromatic N) is 1. The topological polar surface area (TPSA) is 108 Å². The number of hydrogen-bond acceptors (Lipinski definition) is 7. The number of esters is 2. The van der Waals surface area contributed by atoms with Gasteiger partial charge in [-0.2, -0.15) is 0 Å². The summed E-state index contributed by atoms with van der Waals surface area (Å²) >= 11 is 0. The third kappa shape index (κ3) is 38.2. The van der Waals surface area contributed by atoms with Gasteiger partial charge in [0.15, 0.2) is 6.10 Å². The Hall–Kier alpha value is -1.51. The van der Waals surface area contributed by atoms with Crippen LogP contribution in [0.2, 0.25) is 0 Å². The number of allylic oxidation sites excluding steroid dienone is 4. The van der Waals surface area contributed by atoms with Crippen molar-refractivity contribution in [2.45, 2.75) is 187 Å². The molecule has 0 bridgehead atoms. The quantitative estimate of drug-likeness (QED) is 0.0218. The molecule has 306 valence electrons. The molecule has 1 N–H and O–H groups in total. The molecular weight excluding hydrogens is 677 g/mol. The second-order valence-electron chi connectivity index (χ2n) is 15.4. The van der Waals surface area contributed by atoms with Crippen LogP contribution in [0.15, 0.2) is 24.3 Å². The molecule has 0 aliphatic rings. The van der Waals surface area contributed by atoms with E-state index in [1.54, 1.807) is 0 Å². The minimum atomic E-state index is -4.37. The summed E-state index contributed by atoms with van der Waals surface area (Å²) in [4.78, 5) is 35.3. The second-order valence-corrected chi connectivity index (χ2v) is 16.8. The largest absolute Gasteiger partial charge is 0.472 e. The van der Waals surface area contributed by atoms with Crippen LogP contribution in [-0.4, -0.2) is 74.9 Å². The summed E-state index contributed by atoms with van der Waals surface area (Å²) < 4.78 is 34.2. The van der Waals surface area contributed by atoms with Crippen molar-refractivity contribution in [2.24, 2.45) is 0 Å². The van der Waals surface area contributed by atoms with Gasteiger partial charge in [0, 0.05) is 12.8 Å². The van der Waals surface area contributed by atoms with Gasteiger partial charge in [-0.15, -0.1) is 0 Å². The molecule has 9 nitrogen and oxygen atoms in total. The smallest absolute Gasteiger partial charge is 0.462 e. The normalized spacial score (nSPS) is 13.9. The predicted octanol–water partition coefficient (Wildman–Crippen LogP) is 11.6. The maximum atomic E-state index is 12.7. The van der Waals surface area contributed by atoms with Crippen LogP contribution in [-0.2, 0) is 32.7 Å². The molecule has 0 aliphatic carbocycles. The summed E-state index contributed by atoms with van der Waals surface area (Å²) in [5, 5.41) is 0. The van der Waals surface area contributed by atoms with Gasteiger partial charge in [-0.25, -0.2) is 4.57 Å². The van der Waals surface area contributed by atoms with E-state index in [2.05, 4.69) is 38.2 Å². The van der Waals surface area contributed by atoms with Crippen molar-refractivity contribution in [1.29, 1.82) is 0 Å². The molecule has 1 unspecified atom stereocenters. The highest BCUT2D eigenvalue weighted by Crippen LogP contribution is 2.43. The molecule has 0 radical (unpaired) electrons. The van der Waals surface area contributed by atoms with Crippen LogP contribution < -0.4 is 0 Å². The fourth-order valence-electron chi connectivity index (χ4n) is 5.59. The highest BCUT2D eigenvalue weighted by atomic mass is 31.2. The molecule has 0 saturated heterocycles. The Kier molecular flexibility index (Phi) is 34.2. The number of unbranched alkanes of at least 4 members (excludes halogenated alkanes) is 20. The lowest BCUT2D eigenvalue weighted by atomic mass is 10.1. The predicted molar refractivity (Wildman–Crippen MR) is 215 cm³/mol. The van der Waals surface area contributed by atoms with Gasteiger partial charge in [-0.1, -0.05) is 128 Å². The standard InChI is InChI=1S/C42H80NO8P/c1-6-8-10-12-14-16-18-20-21-23-25-27-29-31-33-35-42(45)51-40(39-50-52(46,47)49-37-36-43(3,4)5)38-48-41(44)34-32-30-28-26-24-22-19-17-15-13-11-9-7-2/h17,19-21,40H,6-16,18,22-39H2,1-5H3/p+1/b19-17-,21-20-/t40-/m1/s1. The zero-order chi connectivity index (χ0) is 38.6. The Morgan fingerprint density at radius 2 is 0.981 bits per heavy atom. The van der Waals surface area contributed by atoms with Crippen LogP contribution in [0.1, 0.15) is 181 Å². The minimum absolute atomic E-state index is 0.0298. The average Bonchev–Trinajstić information content (AvgIpc) is 3.09. The van der Waals surface area contributed by atoms with Crippen LogP contribution >= 0.6 is 7.82 Å². The summed E-state index contributed by atoms with van der Waals surface area (Å²) in [6.07, 6.45) is 36.5. The highest BCUT2D eigenvalue weighted by Gasteiger charge is 2.27. The van der Waals surface area contributed by atoms with E-state index in [0.29, 0.717) is 17.4 Å². The van der Waals surface area contributed by atoms with Gasteiger partial charge in [0.2, 0.25) is 0 Å². The fraction of sp³-hybridized carbons (Fsp3) is 0.857. The van der Waals surface area contributed by atoms with Crippen LogP contribution in [0.5, 0.6) is 0 Å². The molecule has 0 saturated carbocycles. The number of likely N-dealkylation sites (N-methyl/N-ethyl adjacent to an activating group) is 1. The number of carbonyl (C=O) groups excluding carboxylic acids is 2.